The normalized spacial score (nSPS) is 20.0. The van der Waals surface area contributed by atoms with Crippen LogP contribution in [0, 0.1) is 0 Å². The van der Waals surface area contributed by atoms with Gasteiger partial charge >= 0.3 is 0 Å². The zero-order valence-electron chi connectivity index (χ0n) is 19.5. The molecule has 7 nitrogen and oxygen atoms in total. The monoisotopic (exact) mass is 451 g/mol. The molecule has 0 fully saturated rings. The van der Waals surface area contributed by atoms with Crippen LogP contribution in [0.1, 0.15) is 44.7 Å². The van der Waals surface area contributed by atoms with E-state index >= 15 is 0 Å². The first kappa shape index (κ1) is 24.5. The lowest BCUT2D eigenvalue weighted by atomic mass is 9.89. The summed E-state index contributed by atoms with van der Waals surface area (Å²) in [7, 11) is 0. The van der Waals surface area contributed by atoms with Crippen molar-refractivity contribution in [3.05, 3.63) is 71.8 Å². The first-order chi connectivity index (χ1) is 15.9. The molecule has 0 aliphatic carbocycles. The quantitative estimate of drug-likeness (QED) is 0.359. The fraction of sp³-hybridized carbons (Fsp3) is 0.385. The molecule has 3 N–H and O–H groups in total. The highest BCUT2D eigenvalue weighted by molar-refractivity contribution is 6.00. The van der Waals surface area contributed by atoms with Gasteiger partial charge in [0.05, 0.1) is 6.61 Å². The van der Waals surface area contributed by atoms with Crippen LogP contribution in [0.4, 0.5) is 0 Å². The van der Waals surface area contributed by atoms with Gasteiger partial charge in [-0.15, -0.1) is 0 Å². The van der Waals surface area contributed by atoms with E-state index in [-0.39, 0.29) is 18.6 Å². The number of nitrogens with one attached hydrogen (secondary N) is 2. The van der Waals surface area contributed by atoms with Crippen LogP contribution in [-0.2, 0) is 9.53 Å². The van der Waals surface area contributed by atoms with Gasteiger partial charge in [-0.3, -0.25) is 10.2 Å². The maximum absolute atomic E-state index is 13.3. The molecule has 0 unspecified atom stereocenters. The molecular formula is C26H33N3O4. The van der Waals surface area contributed by atoms with E-state index in [1.807, 2.05) is 87.5 Å². The van der Waals surface area contributed by atoms with Crippen molar-refractivity contribution in [3.63, 3.8) is 0 Å². The number of hydrogen-bond acceptors (Lipinski definition) is 6. The smallest absolute Gasteiger partial charge is 0.266 e. The maximum atomic E-state index is 13.3. The molecule has 33 heavy (non-hydrogen) atoms. The predicted octanol–water partition coefficient (Wildman–Crippen LogP) is 3.48. The van der Waals surface area contributed by atoms with Gasteiger partial charge in [-0.25, -0.2) is 10.4 Å². The molecule has 0 saturated heterocycles. The summed E-state index contributed by atoms with van der Waals surface area (Å²) in [5.41, 5.74) is 6.51. The highest BCUT2D eigenvalue weighted by atomic mass is 16.5. The zero-order chi connectivity index (χ0) is 23.7. The van der Waals surface area contributed by atoms with Crippen LogP contribution in [0.5, 0.6) is 5.75 Å². The van der Waals surface area contributed by atoms with E-state index in [1.54, 1.807) is 0 Å². The number of rotatable bonds is 11. The van der Waals surface area contributed by atoms with Gasteiger partial charge in [0.2, 0.25) is 5.90 Å². The standard InChI is InChI=1S/C26H33N3O4/c1-19(2)28-29-25(31)26(16-7-11-21-9-5-4-6-10-21)20(3)33-24(27-26)22-12-14-23(15-13-22)32-18-8-17-30/h4-7,9-15,19-20,28,30H,8,16-18H2,1-3H3,(H,29,31)/b11-7+/t20-,26-/m0/s1. The highest BCUT2D eigenvalue weighted by Crippen LogP contribution is 2.33. The number of carbonyl (C=O) groups is 1. The van der Waals surface area contributed by atoms with Gasteiger partial charge < -0.3 is 14.6 Å². The Morgan fingerprint density at radius 1 is 1.21 bits per heavy atom. The van der Waals surface area contributed by atoms with Gasteiger partial charge in [0.1, 0.15) is 11.9 Å². The van der Waals surface area contributed by atoms with E-state index in [0.29, 0.717) is 31.1 Å². The summed E-state index contributed by atoms with van der Waals surface area (Å²) in [5, 5.41) is 8.89. The van der Waals surface area contributed by atoms with Crippen molar-refractivity contribution in [2.75, 3.05) is 13.2 Å². The van der Waals surface area contributed by atoms with Crippen molar-refractivity contribution >= 4 is 17.9 Å². The number of nitrogens with zero attached hydrogens (tertiary/aromatic N) is 1. The number of ether oxygens (including phenoxy) is 2. The van der Waals surface area contributed by atoms with E-state index < -0.39 is 11.6 Å². The van der Waals surface area contributed by atoms with E-state index in [0.717, 1.165) is 11.1 Å². The average Bonchev–Trinajstić information content (AvgIpc) is 3.16. The van der Waals surface area contributed by atoms with Crippen molar-refractivity contribution in [3.8, 4) is 5.75 Å². The molecule has 1 aliphatic rings. The Hall–Kier alpha value is -3.16. The first-order valence-electron chi connectivity index (χ1n) is 11.3. The lowest BCUT2D eigenvalue weighted by molar-refractivity contribution is -0.129. The zero-order valence-corrected chi connectivity index (χ0v) is 19.5. The molecule has 3 rings (SSSR count). The first-order valence-corrected chi connectivity index (χ1v) is 11.3. The summed E-state index contributed by atoms with van der Waals surface area (Å²) in [6.45, 7) is 6.32. The topological polar surface area (TPSA) is 92.2 Å². The molecule has 2 atom stereocenters. The Morgan fingerprint density at radius 3 is 2.61 bits per heavy atom. The fourth-order valence-corrected chi connectivity index (χ4v) is 3.44. The molecule has 0 saturated carbocycles. The molecular weight excluding hydrogens is 418 g/mol. The maximum Gasteiger partial charge on any atom is 0.266 e. The second kappa shape index (κ2) is 11.6. The molecule has 1 heterocycles. The molecule has 0 aromatic heterocycles. The minimum Gasteiger partial charge on any atom is -0.494 e. The summed E-state index contributed by atoms with van der Waals surface area (Å²) in [5.74, 6) is 0.896. The lowest BCUT2D eigenvalue weighted by Gasteiger charge is -2.27. The Kier molecular flexibility index (Phi) is 8.63. The molecule has 2 aromatic carbocycles. The van der Waals surface area contributed by atoms with Gasteiger partial charge in [0, 0.05) is 31.1 Å². The Morgan fingerprint density at radius 2 is 1.94 bits per heavy atom. The minimum atomic E-state index is -1.10. The van der Waals surface area contributed by atoms with Crippen molar-refractivity contribution in [2.24, 2.45) is 4.99 Å². The molecule has 1 aliphatic heterocycles. The number of aliphatic hydroxyl groups excluding tert-OH is 1. The van der Waals surface area contributed by atoms with Gasteiger partial charge in [-0.05, 0) is 50.6 Å². The fourth-order valence-electron chi connectivity index (χ4n) is 3.44. The molecule has 2 aromatic rings. The summed E-state index contributed by atoms with van der Waals surface area (Å²) in [6, 6.07) is 17.4. The summed E-state index contributed by atoms with van der Waals surface area (Å²) in [6.07, 6.45) is 4.47. The van der Waals surface area contributed by atoms with Gasteiger partial charge in [0.15, 0.2) is 5.54 Å². The molecule has 0 spiro atoms. The van der Waals surface area contributed by atoms with Crippen LogP contribution < -0.4 is 15.6 Å². The number of carbonyl (C=O) groups excluding carboxylic acids is 1. The minimum absolute atomic E-state index is 0.0883. The molecule has 0 bridgehead atoms. The van der Waals surface area contributed by atoms with E-state index in [2.05, 4.69) is 10.9 Å². The molecule has 0 radical (unpaired) electrons. The number of benzene rings is 2. The van der Waals surface area contributed by atoms with Crippen LogP contribution in [0.3, 0.4) is 0 Å². The largest absolute Gasteiger partial charge is 0.494 e. The van der Waals surface area contributed by atoms with Gasteiger partial charge in [-0.2, -0.15) is 0 Å². The van der Waals surface area contributed by atoms with E-state index in [9.17, 15) is 4.79 Å². The predicted molar refractivity (Wildman–Crippen MR) is 130 cm³/mol. The lowest BCUT2D eigenvalue weighted by Crippen LogP contribution is -2.55. The number of amides is 1. The summed E-state index contributed by atoms with van der Waals surface area (Å²) < 4.78 is 11.7. The second-order valence-corrected chi connectivity index (χ2v) is 8.32. The van der Waals surface area contributed by atoms with Crippen molar-refractivity contribution in [1.82, 2.24) is 10.9 Å². The molecule has 176 valence electrons. The number of aliphatic imine (C=N–C) groups is 1. The van der Waals surface area contributed by atoms with Crippen LogP contribution in [0.25, 0.3) is 6.08 Å². The SMILES string of the molecule is CC(C)NNC(=O)[C@@]1(C/C=C/c2ccccc2)N=C(c2ccc(OCCCO)cc2)O[C@H]1C. The molecule has 1 amide bonds. The third-order valence-corrected chi connectivity index (χ3v) is 5.34. The van der Waals surface area contributed by atoms with Crippen molar-refractivity contribution in [2.45, 2.75) is 51.3 Å². The van der Waals surface area contributed by atoms with Crippen molar-refractivity contribution < 1.29 is 19.4 Å². The number of aliphatic hydroxyl groups is 1. The van der Waals surface area contributed by atoms with E-state index in [1.165, 1.54) is 0 Å². The third kappa shape index (κ3) is 6.43. The Balaban J connectivity index is 1.83. The Labute approximate surface area is 195 Å². The van der Waals surface area contributed by atoms with Crippen LogP contribution in [-0.4, -0.2) is 47.8 Å². The third-order valence-electron chi connectivity index (χ3n) is 5.34. The summed E-state index contributed by atoms with van der Waals surface area (Å²) >= 11 is 0. The summed E-state index contributed by atoms with van der Waals surface area (Å²) in [4.78, 5) is 18.1. The number of hydrazine groups is 1. The Bertz CT molecular complexity index is 957. The van der Waals surface area contributed by atoms with Crippen LogP contribution in [0.15, 0.2) is 65.7 Å². The highest BCUT2D eigenvalue weighted by Gasteiger charge is 2.49. The molecule has 7 heteroatoms. The van der Waals surface area contributed by atoms with Gasteiger partial charge in [0.25, 0.3) is 5.91 Å². The van der Waals surface area contributed by atoms with E-state index in [4.69, 9.17) is 19.6 Å². The average molecular weight is 452 g/mol. The van der Waals surface area contributed by atoms with Crippen LogP contribution in [0.2, 0.25) is 0 Å². The number of hydrogen-bond donors (Lipinski definition) is 3. The van der Waals surface area contributed by atoms with Crippen molar-refractivity contribution in [1.29, 1.82) is 0 Å². The van der Waals surface area contributed by atoms with Crippen LogP contribution >= 0.6 is 0 Å². The second-order valence-electron chi connectivity index (χ2n) is 8.32. The van der Waals surface area contributed by atoms with Gasteiger partial charge in [-0.1, -0.05) is 42.5 Å².